The molecule has 0 amide bonds. The summed E-state index contributed by atoms with van der Waals surface area (Å²) in [7, 11) is 0. The van der Waals surface area contributed by atoms with Crippen LogP contribution in [0.1, 0.15) is 42.6 Å². The van der Waals surface area contributed by atoms with Gasteiger partial charge in [0.05, 0.1) is 22.5 Å². The molecule has 1 aromatic heterocycles. The zero-order valence-corrected chi connectivity index (χ0v) is 19.6. The summed E-state index contributed by atoms with van der Waals surface area (Å²) in [5.74, 6) is -0.449. The van der Waals surface area contributed by atoms with E-state index in [0.717, 1.165) is 12.8 Å². The molecule has 1 heterocycles. The molecule has 4 rings (SSSR count). The number of esters is 2. The van der Waals surface area contributed by atoms with Gasteiger partial charge in [-0.1, -0.05) is 49.7 Å². The highest BCUT2D eigenvalue weighted by molar-refractivity contribution is 5.91. The van der Waals surface area contributed by atoms with Crippen molar-refractivity contribution in [2.75, 3.05) is 0 Å². The van der Waals surface area contributed by atoms with Crippen LogP contribution in [0, 0.1) is 0 Å². The fraction of sp³-hybridized carbons (Fsp3) is 0.179. The Kier molecular flexibility index (Phi) is 7.26. The second-order valence-electron chi connectivity index (χ2n) is 7.99. The minimum Gasteiger partial charge on any atom is -0.423 e. The van der Waals surface area contributed by atoms with E-state index in [9.17, 15) is 14.4 Å². The van der Waals surface area contributed by atoms with Crippen LogP contribution in [-0.4, -0.2) is 21.3 Å². The maximum Gasteiger partial charge on any atom is 0.343 e. The summed E-state index contributed by atoms with van der Waals surface area (Å²) in [4.78, 5) is 37.9. The molecule has 0 radical (unpaired) electrons. The van der Waals surface area contributed by atoms with Gasteiger partial charge in [0, 0.05) is 6.92 Å². The fourth-order valence-corrected chi connectivity index (χ4v) is 3.77. The molecular weight excluding hydrogens is 444 g/mol. The number of hydrogen-bond donors (Lipinski definition) is 0. The molecule has 7 nitrogen and oxygen atoms in total. The van der Waals surface area contributed by atoms with Crippen molar-refractivity contribution in [2.45, 2.75) is 33.1 Å². The van der Waals surface area contributed by atoms with Gasteiger partial charge in [0.2, 0.25) is 5.88 Å². The first kappa shape index (κ1) is 23.8. The predicted octanol–water partition coefficient (Wildman–Crippen LogP) is 5.12. The molecule has 4 aromatic rings. The number of carbonyl (C=O) groups excluding carboxylic acids is 2. The van der Waals surface area contributed by atoms with E-state index < -0.39 is 11.9 Å². The van der Waals surface area contributed by atoms with Crippen LogP contribution < -0.4 is 15.0 Å². The summed E-state index contributed by atoms with van der Waals surface area (Å²) in [6.07, 6.45) is 2.14. The van der Waals surface area contributed by atoms with E-state index >= 15 is 0 Å². The average Bonchev–Trinajstić information content (AvgIpc) is 3.14. The molecule has 0 unspecified atom stereocenters. The number of benzene rings is 3. The third kappa shape index (κ3) is 5.24. The number of carbonyl (C=O) groups is 2. The van der Waals surface area contributed by atoms with Crippen molar-refractivity contribution in [1.82, 2.24) is 9.36 Å². The van der Waals surface area contributed by atoms with Gasteiger partial charge in [-0.3, -0.25) is 9.59 Å². The van der Waals surface area contributed by atoms with E-state index in [1.54, 1.807) is 53.2 Å². The molecule has 0 bridgehead atoms. The first-order chi connectivity index (χ1) is 17.0. The SMILES string of the molecule is CCCCc1c(OC(C)=O)n(-c2ccc(OC(=O)c3ccccc3)cc2)n(-c2ccccc2)c1=O. The summed E-state index contributed by atoms with van der Waals surface area (Å²) in [6, 6.07) is 24.6. The zero-order chi connectivity index (χ0) is 24.8. The molecule has 0 aliphatic rings. The highest BCUT2D eigenvalue weighted by atomic mass is 16.5. The lowest BCUT2D eigenvalue weighted by Crippen LogP contribution is -2.21. The minimum absolute atomic E-state index is 0.189. The molecule has 0 N–H and O–H groups in total. The van der Waals surface area contributed by atoms with E-state index in [0.29, 0.717) is 34.7 Å². The molecule has 178 valence electrons. The summed E-state index contributed by atoms with van der Waals surface area (Å²) >= 11 is 0. The van der Waals surface area contributed by atoms with Gasteiger partial charge in [-0.2, -0.15) is 0 Å². The maximum atomic E-state index is 13.5. The molecule has 7 heteroatoms. The van der Waals surface area contributed by atoms with Gasteiger partial charge >= 0.3 is 11.9 Å². The van der Waals surface area contributed by atoms with Crippen molar-refractivity contribution in [3.63, 3.8) is 0 Å². The molecule has 3 aromatic carbocycles. The maximum absolute atomic E-state index is 13.5. The smallest absolute Gasteiger partial charge is 0.343 e. The lowest BCUT2D eigenvalue weighted by atomic mass is 10.1. The predicted molar refractivity (Wildman–Crippen MR) is 133 cm³/mol. The molecule has 0 saturated carbocycles. The van der Waals surface area contributed by atoms with Crippen molar-refractivity contribution < 1.29 is 19.1 Å². The van der Waals surface area contributed by atoms with Crippen molar-refractivity contribution in [2.24, 2.45) is 0 Å². The standard InChI is InChI=1S/C28H26N2O5/c1-3-4-15-25-26(32)29(22-13-9-6-10-14-22)30(27(25)34-20(2)31)23-16-18-24(19-17-23)35-28(33)21-11-7-5-8-12-21/h5-14,16-19H,3-4,15H2,1-2H3. The van der Waals surface area contributed by atoms with Crippen molar-refractivity contribution in [1.29, 1.82) is 0 Å². The van der Waals surface area contributed by atoms with Gasteiger partial charge in [0.1, 0.15) is 5.75 Å². The van der Waals surface area contributed by atoms with Gasteiger partial charge in [-0.15, -0.1) is 0 Å². The van der Waals surface area contributed by atoms with Gasteiger partial charge in [0.15, 0.2) is 0 Å². The van der Waals surface area contributed by atoms with Crippen LogP contribution in [0.3, 0.4) is 0 Å². The Labute approximate surface area is 203 Å². The summed E-state index contributed by atoms with van der Waals surface area (Å²) in [6.45, 7) is 3.35. The van der Waals surface area contributed by atoms with Gasteiger partial charge < -0.3 is 9.47 Å². The average molecular weight is 471 g/mol. The Morgan fingerprint density at radius 1 is 0.771 bits per heavy atom. The van der Waals surface area contributed by atoms with E-state index in [2.05, 4.69) is 0 Å². The molecule has 0 aliphatic heterocycles. The first-order valence-electron chi connectivity index (χ1n) is 11.5. The van der Waals surface area contributed by atoms with Crippen LogP contribution in [0.4, 0.5) is 0 Å². The van der Waals surface area contributed by atoms with E-state index in [4.69, 9.17) is 9.47 Å². The molecule has 0 atom stereocenters. The lowest BCUT2D eigenvalue weighted by Gasteiger charge is -2.15. The summed E-state index contributed by atoms with van der Waals surface area (Å²) in [5, 5.41) is 0. The largest absolute Gasteiger partial charge is 0.423 e. The number of unbranched alkanes of at least 4 members (excludes halogenated alkanes) is 1. The topological polar surface area (TPSA) is 79.5 Å². The number of hydrogen-bond acceptors (Lipinski definition) is 5. The highest BCUT2D eigenvalue weighted by Crippen LogP contribution is 2.27. The quantitative estimate of drug-likeness (QED) is 0.264. The number of rotatable bonds is 8. The monoisotopic (exact) mass is 470 g/mol. The van der Waals surface area contributed by atoms with Crippen molar-refractivity contribution in [3.05, 3.63) is 106 Å². The van der Waals surface area contributed by atoms with E-state index in [1.165, 1.54) is 11.6 Å². The second kappa shape index (κ2) is 10.7. The van der Waals surface area contributed by atoms with E-state index in [1.807, 2.05) is 43.3 Å². The normalized spacial score (nSPS) is 10.7. The summed E-state index contributed by atoms with van der Waals surface area (Å²) < 4.78 is 14.1. The van der Waals surface area contributed by atoms with Gasteiger partial charge in [0.25, 0.3) is 5.56 Å². The minimum atomic E-state index is -0.518. The van der Waals surface area contributed by atoms with E-state index in [-0.39, 0.29) is 11.4 Å². The summed E-state index contributed by atoms with van der Waals surface area (Å²) in [5.41, 5.74) is 1.83. The van der Waals surface area contributed by atoms with Crippen molar-refractivity contribution >= 4 is 11.9 Å². The molecule has 0 spiro atoms. The zero-order valence-electron chi connectivity index (χ0n) is 19.6. The fourth-order valence-electron chi connectivity index (χ4n) is 3.77. The molecule has 35 heavy (non-hydrogen) atoms. The van der Waals surface area contributed by atoms with Crippen LogP contribution in [0.25, 0.3) is 11.4 Å². The Balaban J connectivity index is 1.79. The van der Waals surface area contributed by atoms with Gasteiger partial charge in [-0.25, -0.2) is 14.2 Å². The number of para-hydroxylation sites is 1. The van der Waals surface area contributed by atoms with Crippen LogP contribution >= 0.6 is 0 Å². The third-order valence-electron chi connectivity index (χ3n) is 5.42. The molecular formula is C28H26N2O5. The Morgan fingerprint density at radius 2 is 1.37 bits per heavy atom. The Hall–Kier alpha value is -4.39. The number of nitrogens with zero attached hydrogens (tertiary/aromatic N) is 2. The third-order valence-corrected chi connectivity index (χ3v) is 5.42. The van der Waals surface area contributed by atoms with Crippen molar-refractivity contribution in [3.8, 4) is 23.0 Å². The lowest BCUT2D eigenvalue weighted by molar-refractivity contribution is -0.132. The number of aromatic nitrogens is 2. The van der Waals surface area contributed by atoms with Crippen LogP contribution in [-0.2, 0) is 11.2 Å². The molecule has 0 saturated heterocycles. The van der Waals surface area contributed by atoms with Gasteiger partial charge in [-0.05, 0) is 61.4 Å². The Morgan fingerprint density at radius 3 is 1.97 bits per heavy atom. The second-order valence-corrected chi connectivity index (χ2v) is 7.99. The Bertz CT molecular complexity index is 1370. The molecule has 0 fully saturated rings. The highest BCUT2D eigenvalue weighted by Gasteiger charge is 2.24. The van der Waals surface area contributed by atoms with Crippen LogP contribution in [0.5, 0.6) is 11.6 Å². The first-order valence-corrected chi connectivity index (χ1v) is 11.5. The van der Waals surface area contributed by atoms with Crippen LogP contribution in [0.15, 0.2) is 89.7 Å². The number of ether oxygens (including phenoxy) is 2. The van der Waals surface area contributed by atoms with Crippen LogP contribution in [0.2, 0.25) is 0 Å². The molecule has 0 aliphatic carbocycles.